The van der Waals surface area contributed by atoms with E-state index in [0.29, 0.717) is 6.54 Å². The van der Waals surface area contributed by atoms with Gasteiger partial charge < -0.3 is 15.3 Å². The van der Waals surface area contributed by atoms with E-state index in [1.54, 1.807) is 18.7 Å². The van der Waals surface area contributed by atoms with Crippen molar-refractivity contribution in [1.82, 2.24) is 10.2 Å². The lowest BCUT2D eigenvalue weighted by atomic mass is 9.74. The average molecular weight is 298 g/mol. The minimum atomic E-state index is -0.786. The monoisotopic (exact) mass is 298 g/mol. The lowest BCUT2D eigenvalue weighted by Gasteiger charge is -2.39. The summed E-state index contributed by atoms with van der Waals surface area (Å²) in [6.45, 7) is 8.93. The molecule has 1 aliphatic heterocycles. The Morgan fingerprint density at radius 2 is 2.10 bits per heavy atom. The van der Waals surface area contributed by atoms with Crippen molar-refractivity contribution in [3.63, 3.8) is 0 Å². The van der Waals surface area contributed by atoms with Gasteiger partial charge in [0.05, 0.1) is 5.41 Å². The van der Waals surface area contributed by atoms with Crippen molar-refractivity contribution in [3.8, 4) is 0 Å². The van der Waals surface area contributed by atoms with Crippen molar-refractivity contribution in [2.45, 2.75) is 65.8 Å². The highest BCUT2D eigenvalue weighted by Gasteiger charge is 2.40. The molecule has 5 heteroatoms. The highest BCUT2D eigenvalue weighted by Crippen LogP contribution is 2.34. The molecule has 1 saturated heterocycles. The zero-order valence-electron chi connectivity index (χ0n) is 13.8. The van der Waals surface area contributed by atoms with E-state index in [1.165, 1.54) is 0 Å². The molecule has 0 saturated carbocycles. The first-order valence-corrected chi connectivity index (χ1v) is 8.07. The van der Waals surface area contributed by atoms with Crippen molar-refractivity contribution in [2.75, 3.05) is 13.1 Å². The number of carbonyl (C=O) groups is 2. The van der Waals surface area contributed by atoms with Crippen LogP contribution in [0.15, 0.2) is 0 Å². The van der Waals surface area contributed by atoms with Gasteiger partial charge in [-0.1, -0.05) is 19.8 Å². The van der Waals surface area contributed by atoms with Crippen LogP contribution in [0.1, 0.15) is 59.8 Å². The standard InChI is InChI=1S/C16H30N2O3/c1-5-6-8-12(2)17-15(21)18-10-7-9-13(11-18)16(3,4)14(19)20/h12-13H,5-11H2,1-4H3,(H,17,21)(H,19,20). The number of rotatable bonds is 6. The fraction of sp³-hybridized carbons (Fsp3) is 0.875. The Labute approximate surface area is 128 Å². The molecule has 1 rings (SSSR count). The summed E-state index contributed by atoms with van der Waals surface area (Å²) in [4.78, 5) is 25.4. The number of amides is 2. The number of unbranched alkanes of at least 4 members (excludes halogenated alkanes) is 1. The van der Waals surface area contributed by atoms with Crippen LogP contribution in [-0.2, 0) is 4.79 Å². The maximum Gasteiger partial charge on any atom is 0.317 e. The van der Waals surface area contributed by atoms with E-state index in [-0.39, 0.29) is 18.0 Å². The summed E-state index contributed by atoms with van der Waals surface area (Å²) >= 11 is 0. The predicted octanol–water partition coefficient (Wildman–Crippen LogP) is 3.10. The number of carboxylic acid groups (broad SMARTS) is 1. The molecule has 0 aromatic carbocycles. The predicted molar refractivity (Wildman–Crippen MR) is 83.2 cm³/mol. The largest absolute Gasteiger partial charge is 0.481 e. The van der Waals surface area contributed by atoms with Crippen molar-refractivity contribution in [2.24, 2.45) is 11.3 Å². The van der Waals surface area contributed by atoms with Crippen LogP contribution in [0.25, 0.3) is 0 Å². The third-order valence-electron chi connectivity index (χ3n) is 4.64. The van der Waals surface area contributed by atoms with Gasteiger partial charge in [0, 0.05) is 19.1 Å². The zero-order valence-corrected chi connectivity index (χ0v) is 13.8. The van der Waals surface area contributed by atoms with Gasteiger partial charge in [0.2, 0.25) is 0 Å². The Morgan fingerprint density at radius 3 is 2.67 bits per heavy atom. The van der Waals surface area contributed by atoms with Crippen molar-refractivity contribution in [3.05, 3.63) is 0 Å². The number of carbonyl (C=O) groups excluding carboxylic acids is 1. The minimum Gasteiger partial charge on any atom is -0.481 e. The molecule has 0 bridgehead atoms. The highest BCUT2D eigenvalue weighted by atomic mass is 16.4. The maximum atomic E-state index is 12.3. The molecule has 21 heavy (non-hydrogen) atoms. The van der Waals surface area contributed by atoms with E-state index in [2.05, 4.69) is 12.2 Å². The number of likely N-dealkylation sites (tertiary alicyclic amines) is 1. The summed E-state index contributed by atoms with van der Waals surface area (Å²) in [5, 5.41) is 12.4. The second kappa shape index (κ2) is 7.66. The summed E-state index contributed by atoms with van der Waals surface area (Å²) < 4.78 is 0. The summed E-state index contributed by atoms with van der Waals surface area (Å²) in [6.07, 6.45) is 4.96. The molecule has 1 fully saturated rings. The molecule has 0 spiro atoms. The van der Waals surface area contributed by atoms with Crippen LogP contribution in [0.2, 0.25) is 0 Å². The molecule has 0 aromatic rings. The number of aliphatic carboxylic acids is 1. The van der Waals surface area contributed by atoms with Gasteiger partial charge in [-0.3, -0.25) is 4.79 Å². The maximum absolute atomic E-state index is 12.3. The molecule has 122 valence electrons. The van der Waals surface area contributed by atoms with E-state index >= 15 is 0 Å². The van der Waals surface area contributed by atoms with Crippen molar-refractivity contribution in [1.29, 1.82) is 0 Å². The Kier molecular flexibility index (Phi) is 6.49. The average Bonchev–Trinajstić information content (AvgIpc) is 2.45. The summed E-state index contributed by atoms with van der Waals surface area (Å²) in [7, 11) is 0. The molecule has 1 heterocycles. The van der Waals surface area contributed by atoms with Crippen LogP contribution in [0, 0.1) is 11.3 Å². The van der Waals surface area contributed by atoms with Gasteiger partial charge in [-0.05, 0) is 46.0 Å². The minimum absolute atomic E-state index is 0.0143. The SMILES string of the molecule is CCCCC(C)NC(=O)N1CCCC(C(C)(C)C(=O)O)C1. The van der Waals surface area contributed by atoms with Crippen LogP contribution < -0.4 is 5.32 Å². The van der Waals surface area contributed by atoms with Crippen LogP contribution in [0.3, 0.4) is 0 Å². The highest BCUT2D eigenvalue weighted by molar-refractivity contribution is 5.76. The van der Waals surface area contributed by atoms with E-state index < -0.39 is 11.4 Å². The van der Waals surface area contributed by atoms with E-state index in [4.69, 9.17) is 0 Å². The van der Waals surface area contributed by atoms with Crippen LogP contribution >= 0.6 is 0 Å². The smallest absolute Gasteiger partial charge is 0.317 e. The molecule has 0 radical (unpaired) electrons. The Morgan fingerprint density at radius 1 is 1.43 bits per heavy atom. The molecule has 2 atom stereocenters. The fourth-order valence-electron chi connectivity index (χ4n) is 2.81. The van der Waals surface area contributed by atoms with Crippen LogP contribution in [0.5, 0.6) is 0 Å². The number of nitrogens with one attached hydrogen (secondary N) is 1. The van der Waals surface area contributed by atoms with Gasteiger partial charge in [-0.2, -0.15) is 0 Å². The van der Waals surface area contributed by atoms with Gasteiger partial charge in [0.1, 0.15) is 0 Å². The molecular formula is C16H30N2O3. The first kappa shape index (κ1) is 17.8. The topological polar surface area (TPSA) is 69.6 Å². The number of carboxylic acids is 1. The first-order valence-electron chi connectivity index (χ1n) is 8.07. The van der Waals surface area contributed by atoms with Crippen molar-refractivity contribution >= 4 is 12.0 Å². The molecule has 0 aliphatic carbocycles. The Balaban J connectivity index is 2.56. The quantitative estimate of drug-likeness (QED) is 0.791. The van der Waals surface area contributed by atoms with Gasteiger partial charge in [0.25, 0.3) is 0 Å². The van der Waals surface area contributed by atoms with E-state index in [0.717, 1.165) is 38.6 Å². The molecular weight excluding hydrogens is 268 g/mol. The molecule has 2 N–H and O–H groups in total. The van der Waals surface area contributed by atoms with Gasteiger partial charge in [-0.15, -0.1) is 0 Å². The fourth-order valence-corrected chi connectivity index (χ4v) is 2.81. The van der Waals surface area contributed by atoms with Crippen molar-refractivity contribution < 1.29 is 14.7 Å². The first-order chi connectivity index (χ1) is 9.78. The summed E-state index contributed by atoms with van der Waals surface area (Å²) in [5.74, 6) is -0.772. The number of piperidine rings is 1. The number of nitrogens with zero attached hydrogens (tertiary/aromatic N) is 1. The third-order valence-corrected chi connectivity index (χ3v) is 4.64. The molecule has 2 unspecified atom stereocenters. The normalized spacial score (nSPS) is 21.0. The third kappa shape index (κ3) is 4.90. The molecule has 1 aliphatic rings. The molecule has 0 aromatic heterocycles. The summed E-state index contributed by atoms with van der Waals surface area (Å²) in [6, 6.07) is 0.120. The van der Waals surface area contributed by atoms with Gasteiger partial charge in [0.15, 0.2) is 0 Å². The Hall–Kier alpha value is -1.26. The zero-order chi connectivity index (χ0) is 16.0. The van der Waals surface area contributed by atoms with E-state index in [1.807, 2.05) is 6.92 Å². The second-order valence-electron chi connectivity index (χ2n) is 6.80. The van der Waals surface area contributed by atoms with Crippen LogP contribution in [0.4, 0.5) is 4.79 Å². The lowest BCUT2D eigenvalue weighted by Crippen LogP contribution is -2.51. The number of urea groups is 1. The number of hydrogen-bond acceptors (Lipinski definition) is 2. The summed E-state index contributed by atoms with van der Waals surface area (Å²) in [5.41, 5.74) is -0.785. The van der Waals surface area contributed by atoms with Crippen LogP contribution in [-0.4, -0.2) is 41.1 Å². The lowest BCUT2D eigenvalue weighted by molar-refractivity contribution is -0.151. The Bertz CT molecular complexity index is 369. The van der Waals surface area contributed by atoms with Gasteiger partial charge >= 0.3 is 12.0 Å². The van der Waals surface area contributed by atoms with Gasteiger partial charge in [-0.25, -0.2) is 4.79 Å². The number of hydrogen-bond donors (Lipinski definition) is 2. The second-order valence-corrected chi connectivity index (χ2v) is 6.80. The molecule has 5 nitrogen and oxygen atoms in total. The molecule has 2 amide bonds. The van der Waals surface area contributed by atoms with E-state index in [9.17, 15) is 14.7 Å².